The third-order valence-corrected chi connectivity index (χ3v) is 5.63. The van der Waals surface area contributed by atoms with E-state index in [9.17, 15) is 39.0 Å². The van der Waals surface area contributed by atoms with E-state index in [2.05, 4.69) is 0 Å². The largest absolute Gasteiger partial charge is 0.463 e. The standard InChI is InChI=1S/C24H34O17/c1-9(26)33-8-16-18(34-10(2)27)20(36-12(4)29)22(38-14(6)31)24(40-16)41-17-15(7-25)39-23(32)21(37-13(5)30)19(17)35-11(3)28/h15-25,32H,7-8H2,1-6H3/t15-,16+,17-,18-,19+,20+,21-,22-,23-,24-/m1/s1. The van der Waals surface area contributed by atoms with Crippen LogP contribution in [0, 0.1) is 0 Å². The monoisotopic (exact) mass is 594 g/mol. The van der Waals surface area contributed by atoms with Crippen molar-refractivity contribution < 1.29 is 81.6 Å². The molecule has 17 heteroatoms. The molecule has 0 aliphatic carbocycles. The molecule has 2 heterocycles. The normalized spacial score (nSPS) is 33.1. The van der Waals surface area contributed by atoms with E-state index in [1.807, 2.05) is 0 Å². The van der Waals surface area contributed by atoms with E-state index < -0.39 is 110 Å². The molecule has 0 aromatic heterocycles. The Labute approximate surface area is 234 Å². The molecule has 2 rings (SSSR count). The fourth-order valence-electron chi connectivity index (χ4n) is 4.30. The van der Waals surface area contributed by atoms with Gasteiger partial charge in [0.05, 0.1) is 6.61 Å². The molecule has 2 saturated heterocycles. The topological polar surface area (TPSA) is 226 Å². The van der Waals surface area contributed by atoms with Crippen LogP contribution in [0.25, 0.3) is 0 Å². The first kappa shape index (κ1) is 33.8. The zero-order chi connectivity index (χ0) is 31.0. The van der Waals surface area contributed by atoms with Gasteiger partial charge in [-0.3, -0.25) is 28.8 Å². The molecule has 232 valence electrons. The van der Waals surface area contributed by atoms with Crippen molar-refractivity contribution in [1.29, 1.82) is 0 Å². The molecule has 41 heavy (non-hydrogen) atoms. The molecule has 0 saturated carbocycles. The van der Waals surface area contributed by atoms with Crippen molar-refractivity contribution in [1.82, 2.24) is 0 Å². The number of rotatable bonds is 10. The van der Waals surface area contributed by atoms with Gasteiger partial charge in [-0.15, -0.1) is 0 Å². The van der Waals surface area contributed by atoms with Crippen molar-refractivity contribution >= 4 is 35.8 Å². The maximum Gasteiger partial charge on any atom is 0.303 e. The molecular weight excluding hydrogens is 560 g/mol. The lowest BCUT2D eigenvalue weighted by Crippen LogP contribution is -2.67. The molecule has 0 spiro atoms. The molecule has 0 radical (unpaired) electrons. The molecule has 10 atom stereocenters. The highest BCUT2D eigenvalue weighted by atomic mass is 16.8. The fraction of sp³-hybridized carbons (Fsp3) is 0.750. The quantitative estimate of drug-likeness (QED) is 0.206. The summed E-state index contributed by atoms with van der Waals surface area (Å²) >= 11 is 0. The molecule has 2 aliphatic heterocycles. The Morgan fingerprint density at radius 3 is 1.46 bits per heavy atom. The Kier molecular flexibility index (Phi) is 12.4. The summed E-state index contributed by atoms with van der Waals surface area (Å²) in [5, 5.41) is 20.4. The smallest absolute Gasteiger partial charge is 0.303 e. The summed E-state index contributed by atoms with van der Waals surface area (Å²) in [4.78, 5) is 71.2. The maximum absolute atomic E-state index is 12.1. The average molecular weight is 595 g/mol. The maximum atomic E-state index is 12.1. The van der Waals surface area contributed by atoms with Gasteiger partial charge in [0.15, 0.2) is 43.1 Å². The first-order chi connectivity index (χ1) is 19.1. The summed E-state index contributed by atoms with van der Waals surface area (Å²) in [5.74, 6) is -5.17. The minimum atomic E-state index is -1.87. The van der Waals surface area contributed by atoms with Crippen molar-refractivity contribution in [3.05, 3.63) is 0 Å². The second-order valence-electron chi connectivity index (χ2n) is 9.06. The summed E-state index contributed by atoms with van der Waals surface area (Å²) < 4.78 is 48.5. The summed E-state index contributed by atoms with van der Waals surface area (Å²) in [6, 6.07) is 0. The molecule has 0 aromatic carbocycles. The van der Waals surface area contributed by atoms with Gasteiger partial charge in [-0.1, -0.05) is 0 Å². The van der Waals surface area contributed by atoms with Gasteiger partial charge in [0.25, 0.3) is 0 Å². The number of esters is 6. The van der Waals surface area contributed by atoms with E-state index >= 15 is 0 Å². The van der Waals surface area contributed by atoms with Crippen LogP contribution >= 0.6 is 0 Å². The van der Waals surface area contributed by atoms with E-state index in [0.29, 0.717) is 0 Å². The van der Waals surface area contributed by atoms with Crippen LogP contribution in [0.15, 0.2) is 0 Å². The molecule has 2 N–H and O–H groups in total. The van der Waals surface area contributed by atoms with Crippen molar-refractivity contribution in [2.45, 2.75) is 103 Å². The van der Waals surface area contributed by atoms with E-state index in [4.69, 9.17) is 42.6 Å². The first-order valence-corrected chi connectivity index (χ1v) is 12.4. The van der Waals surface area contributed by atoms with Crippen LogP contribution in [-0.2, 0) is 71.4 Å². The SMILES string of the molecule is CC(=O)OC[C@@H]1O[C@H](O[C@H]2[C@H](OC(C)=O)[C@@H](OC(C)=O)[C@H](O)O[C@@H]2CO)[C@H](OC(C)=O)[C@@H](OC(C)=O)[C@@H]1OC(C)=O. The first-order valence-electron chi connectivity index (χ1n) is 12.4. The van der Waals surface area contributed by atoms with Gasteiger partial charge >= 0.3 is 35.8 Å². The van der Waals surface area contributed by atoms with Crippen LogP contribution < -0.4 is 0 Å². The van der Waals surface area contributed by atoms with Crippen LogP contribution in [0.5, 0.6) is 0 Å². The van der Waals surface area contributed by atoms with Crippen LogP contribution in [0.3, 0.4) is 0 Å². The molecule has 0 unspecified atom stereocenters. The second-order valence-corrected chi connectivity index (χ2v) is 9.06. The molecule has 2 fully saturated rings. The van der Waals surface area contributed by atoms with Crippen LogP contribution in [0.4, 0.5) is 0 Å². The predicted molar refractivity (Wildman–Crippen MR) is 126 cm³/mol. The van der Waals surface area contributed by atoms with Gasteiger partial charge in [-0.2, -0.15) is 0 Å². The molecule has 0 bridgehead atoms. The number of aliphatic hydroxyl groups is 2. The lowest BCUT2D eigenvalue weighted by molar-refractivity contribution is -0.357. The van der Waals surface area contributed by atoms with Gasteiger partial charge < -0.3 is 52.8 Å². The fourth-order valence-corrected chi connectivity index (χ4v) is 4.30. The van der Waals surface area contributed by atoms with Gasteiger partial charge in [-0.05, 0) is 0 Å². The second kappa shape index (κ2) is 15.0. The van der Waals surface area contributed by atoms with Crippen molar-refractivity contribution in [2.75, 3.05) is 13.2 Å². The predicted octanol–water partition coefficient (Wildman–Crippen LogP) is -1.97. The van der Waals surface area contributed by atoms with Crippen molar-refractivity contribution in [2.24, 2.45) is 0 Å². The zero-order valence-corrected chi connectivity index (χ0v) is 23.2. The highest BCUT2D eigenvalue weighted by Crippen LogP contribution is 2.34. The Morgan fingerprint density at radius 2 is 1.00 bits per heavy atom. The molecule has 17 nitrogen and oxygen atoms in total. The summed E-state index contributed by atoms with van der Waals surface area (Å²) in [5.41, 5.74) is 0. The van der Waals surface area contributed by atoms with Crippen LogP contribution in [0.1, 0.15) is 41.5 Å². The summed E-state index contributed by atoms with van der Waals surface area (Å²) in [7, 11) is 0. The third kappa shape index (κ3) is 9.60. The minimum Gasteiger partial charge on any atom is -0.463 e. The van der Waals surface area contributed by atoms with Crippen LogP contribution in [0.2, 0.25) is 0 Å². The van der Waals surface area contributed by atoms with E-state index in [-0.39, 0.29) is 0 Å². The molecular formula is C24H34O17. The Balaban J connectivity index is 2.60. The molecule has 2 aliphatic rings. The summed E-state index contributed by atoms with van der Waals surface area (Å²) in [6.07, 6.45) is -16.0. The van der Waals surface area contributed by atoms with Gasteiger partial charge in [0.1, 0.15) is 24.9 Å². The lowest BCUT2D eigenvalue weighted by atomic mass is 9.96. The van der Waals surface area contributed by atoms with E-state index in [1.165, 1.54) is 0 Å². The molecule has 0 amide bonds. The summed E-state index contributed by atoms with van der Waals surface area (Å²) in [6.45, 7) is 4.85. The number of carbonyl (C=O) groups excluding carboxylic acids is 6. The Morgan fingerprint density at radius 1 is 0.561 bits per heavy atom. The van der Waals surface area contributed by atoms with E-state index in [0.717, 1.165) is 41.5 Å². The van der Waals surface area contributed by atoms with Crippen LogP contribution in [-0.4, -0.2) is 121 Å². The zero-order valence-electron chi connectivity index (χ0n) is 23.2. The average Bonchev–Trinajstić information content (AvgIpc) is 2.83. The molecule has 0 aromatic rings. The van der Waals surface area contributed by atoms with Crippen molar-refractivity contribution in [3.63, 3.8) is 0 Å². The number of hydrogen-bond acceptors (Lipinski definition) is 17. The van der Waals surface area contributed by atoms with Gasteiger partial charge in [0, 0.05) is 41.5 Å². The number of carbonyl (C=O) groups is 6. The number of hydrogen-bond donors (Lipinski definition) is 2. The number of aliphatic hydroxyl groups excluding tert-OH is 2. The van der Waals surface area contributed by atoms with E-state index in [1.54, 1.807) is 0 Å². The van der Waals surface area contributed by atoms with Gasteiger partial charge in [0.2, 0.25) is 0 Å². The highest BCUT2D eigenvalue weighted by molar-refractivity contribution is 5.69. The third-order valence-electron chi connectivity index (χ3n) is 5.63. The minimum absolute atomic E-state index is 0.551. The number of ether oxygens (including phenoxy) is 9. The Hall–Kier alpha value is -3.38. The lowest BCUT2D eigenvalue weighted by Gasteiger charge is -2.48. The van der Waals surface area contributed by atoms with Gasteiger partial charge in [-0.25, -0.2) is 0 Å². The van der Waals surface area contributed by atoms with Crippen molar-refractivity contribution in [3.8, 4) is 0 Å². The Bertz CT molecular complexity index is 981. The highest BCUT2D eigenvalue weighted by Gasteiger charge is 2.57.